The molecule has 2 aromatic carbocycles. The quantitative estimate of drug-likeness (QED) is 0.756. The number of fused-ring (bicyclic) bond motifs is 1. The second-order valence-electron chi connectivity index (χ2n) is 7.16. The number of ether oxygens (including phenoxy) is 1. The lowest BCUT2D eigenvalue weighted by molar-refractivity contribution is 0.0928. The van der Waals surface area contributed by atoms with E-state index in [1.54, 1.807) is 49.6 Å². The summed E-state index contributed by atoms with van der Waals surface area (Å²) < 4.78 is 6.64. The van der Waals surface area contributed by atoms with Crippen LogP contribution in [0.3, 0.4) is 0 Å². The predicted molar refractivity (Wildman–Crippen MR) is 108 cm³/mol. The van der Waals surface area contributed by atoms with Gasteiger partial charge in [0, 0.05) is 11.6 Å². The van der Waals surface area contributed by atoms with Crippen molar-refractivity contribution in [3.63, 3.8) is 0 Å². The molecule has 1 aromatic heterocycles. The molecule has 0 saturated heterocycles. The first-order valence-electron chi connectivity index (χ1n) is 9.62. The van der Waals surface area contributed by atoms with Crippen LogP contribution in [0, 0.1) is 0 Å². The molecule has 0 bridgehead atoms. The number of hydrogen-bond donors (Lipinski definition) is 1. The summed E-state index contributed by atoms with van der Waals surface area (Å²) in [5.41, 5.74) is 1.59. The van der Waals surface area contributed by atoms with Crippen LogP contribution in [-0.2, 0) is 0 Å². The summed E-state index contributed by atoms with van der Waals surface area (Å²) in [7, 11) is 1.60. The Hall–Kier alpha value is -3.15. The van der Waals surface area contributed by atoms with Crippen molar-refractivity contribution in [3.05, 3.63) is 64.7 Å². The number of amides is 1. The highest BCUT2D eigenvalue weighted by Gasteiger charge is 2.17. The maximum absolute atomic E-state index is 12.9. The van der Waals surface area contributed by atoms with Gasteiger partial charge in [0.15, 0.2) is 0 Å². The summed E-state index contributed by atoms with van der Waals surface area (Å²) in [6.45, 7) is 0. The van der Waals surface area contributed by atoms with E-state index in [0.717, 1.165) is 31.4 Å². The first-order chi connectivity index (χ1) is 13.7. The smallest absolute Gasteiger partial charge is 0.265 e. The summed E-state index contributed by atoms with van der Waals surface area (Å²) >= 11 is 0. The van der Waals surface area contributed by atoms with E-state index in [1.807, 2.05) is 0 Å². The fourth-order valence-corrected chi connectivity index (χ4v) is 3.71. The Morgan fingerprint density at radius 3 is 2.57 bits per heavy atom. The monoisotopic (exact) mass is 377 g/mol. The average Bonchev–Trinajstić information content (AvgIpc) is 2.74. The molecule has 1 heterocycles. The van der Waals surface area contributed by atoms with E-state index in [9.17, 15) is 9.59 Å². The zero-order valence-corrected chi connectivity index (χ0v) is 15.9. The third-order valence-corrected chi connectivity index (χ3v) is 5.31. The van der Waals surface area contributed by atoms with Gasteiger partial charge >= 0.3 is 0 Å². The van der Waals surface area contributed by atoms with E-state index in [2.05, 4.69) is 10.3 Å². The summed E-state index contributed by atoms with van der Waals surface area (Å²) in [6, 6.07) is 12.5. The first-order valence-corrected chi connectivity index (χ1v) is 9.62. The van der Waals surface area contributed by atoms with Gasteiger partial charge in [0.1, 0.15) is 12.1 Å². The lowest BCUT2D eigenvalue weighted by atomic mass is 9.95. The molecule has 1 fully saturated rings. The highest BCUT2D eigenvalue weighted by atomic mass is 16.5. The number of nitrogens with one attached hydrogen (secondary N) is 1. The summed E-state index contributed by atoms with van der Waals surface area (Å²) in [6.07, 6.45) is 7.13. The highest BCUT2D eigenvalue weighted by molar-refractivity contribution is 5.97. The molecule has 0 aliphatic heterocycles. The van der Waals surface area contributed by atoms with Crippen LogP contribution in [0.5, 0.6) is 5.75 Å². The Bertz CT molecular complexity index is 1050. The van der Waals surface area contributed by atoms with Gasteiger partial charge in [0.25, 0.3) is 11.5 Å². The lowest BCUT2D eigenvalue weighted by Crippen LogP contribution is -2.36. The van der Waals surface area contributed by atoms with E-state index in [-0.39, 0.29) is 17.5 Å². The van der Waals surface area contributed by atoms with Gasteiger partial charge in [-0.05, 0) is 55.3 Å². The van der Waals surface area contributed by atoms with Gasteiger partial charge in [0.2, 0.25) is 0 Å². The number of methoxy groups -OCH3 is 1. The highest BCUT2D eigenvalue weighted by Crippen LogP contribution is 2.19. The molecule has 1 N–H and O–H groups in total. The third kappa shape index (κ3) is 3.63. The summed E-state index contributed by atoms with van der Waals surface area (Å²) in [5.74, 6) is 0.620. The molecule has 0 unspecified atom stereocenters. The van der Waals surface area contributed by atoms with Crippen molar-refractivity contribution in [2.45, 2.75) is 38.1 Å². The molecule has 0 atom stereocenters. The lowest BCUT2D eigenvalue weighted by Gasteiger charge is -2.22. The van der Waals surface area contributed by atoms with Gasteiger partial charge in [0.05, 0.1) is 23.7 Å². The van der Waals surface area contributed by atoms with Crippen LogP contribution in [0.1, 0.15) is 42.5 Å². The van der Waals surface area contributed by atoms with Crippen LogP contribution in [0.25, 0.3) is 16.6 Å². The molecule has 6 nitrogen and oxygen atoms in total. The SMILES string of the molecule is COc1ccc(-n2cnc3cc(C(=O)NC4CCCCC4)ccc3c2=O)cc1. The number of rotatable bonds is 4. The van der Waals surface area contributed by atoms with Crippen molar-refractivity contribution in [1.82, 2.24) is 14.9 Å². The first kappa shape index (κ1) is 18.2. The number of nitrogens with zero attached hydrogens (tertiary/aromatic N) is 2. The van der Waals surface area contributed by atoms with Gasteiger partial charge in [-0.1, -0.05) is 19.3 Å². The van der Waals surface area contributed by atoms with E-state index in [0.29, 0.717) is 22.2 Å². The fraction of sp³-hybridized carbons (Fsp3) is 0.318. The summed E-state index contributed by atoms with van der Waals surface area (Å²) in [5, 5.41) is 3.58. The number of hydrogen-bond acceptors (Lipinski definition) is 4. The van der Waals surface area contributed by atoms with Crippen molar-refractivity contribution >= 4 is 16.8 Å². The molecule has 144 valence electrons. The predicted octanol–water partition coefficient (Wildman–Crippen LogP) is 3.46. The second kappa shape index (κ2) is 7.84. The van der Waals surface area contributed by atoms with Crippen LogP contribution in [0.4, 0.5) is 0 Å². The van der Waals surface area contributed by atoms with E-state index >= 15 is 0 Å². The third-order valence-electron chi connectivity index (χ3n) is 5.31. The molecule has 1 aliphatic rings. The molecular weight excluding hydrogens is 354 g/mol. The zero-order valence-electron chi connectivity index (χ0n) is 15.9. The Morgan fingerprint density at radius 2 is 1.86 bits per heavy atom. The average molecular weight is 377 g/mol. The molecule has 1 aliphatic carbocycles. The molecule has 1 amide bonds. The van der Waals surface area contributed by atoms with Crippen molar-refractivity contribution in [2.24, 2.45) is 0 Å². The van der Waals surface area contributed by atoms with Gasteiger partial charge in [-0.2, -0.15) is 0 Å². The van der Waals surface area contributed by atoms with E-state index in [4.69, 9.17) is 4.74 Å². The minimum atomic E-state index is -0.172. The normalized spacial score (nSPS) is 14.8. The van der Waals surface area contributed by atoms with Gasteiger partial charge in [-0.15, -0.1) is 0 Å². The maximum atomic E-state index is 12.9. The van der Waals surface area contributed by atoms with Gasteiger partial charge in [-0.3, -0.25) is 14.2 Å². The van der Waals surface area contributed by atoms with Crippen molar-refractivity contribution < 1.29 is 9.53 Å². The minimum absolute atomic E-state index is 0.102. The van der Waals surface area contributed by atoms with E-state index in [1.165, 1.54) is 17.3 Å². The molecule has 28 heavy (non-hydrogen) atoms. The van der Waals surface area contributed by atoms with Crippen molar-refractivity contribution in [3.8, 4) is 11.4 Å². The van der Waals surface area contributed by atoms with Crippen LogP contribution < -0.4 is 15.6 Å². The zero-order chi connectivity index (χ0) is 19.5. The Kier molecular flexibility index (Phi) is 5.10. The van der Waals surface area contributed by atoms with Crippen LogP contribution in [0.2, 0.25) is 0 Å². The Labute approximate surface area is 163 Å². The number of carbonyl (C=O) groups excluding carboxylic acids is 1. The topological polar surface area (TPSA) is 73.2 Å². The van der Waals surface area contributed by atoms with Gasteiger partial charge < -0.3 is 10.1 Å². The largest absolute Gasteiger partial charge is 0.497 e. The van der Waals surface area contributed by atoms with Crippen LogP contribution in [-0.4, -0.2) is 28.6 Å². The Balaban J connectivity index is 1.62. The molecule has 4 rings (SSSR count). The standard InChI is InChI=1S/C22H23N3O3/c1-28-18-10-8-17(9-11-18)25-14-23-20-13-15(7-12-19(20)22(25)27)21(26)24-16-5-3-2-4-6-16/h7-14,16H,2-6H2,1H3,(H,24,26). The number of aromatic nitrogens is 2. The molecular formula is C22H23N3O3. The van der Waals surface area contributed by atoms with Crippen molar-refractivity contribution in [2.75, 3.05) is 7.11 Å². The molecule has 6 heteroatoms. The van der Waals surface area contributed by atoms with Crippen molar-refractivity contribution in [1.29, 1.82) is 0 Å². The second-order valence-corrected chi connectivity index (χ2v) is 7.16. The molecule has 0 spiro atoms. The minimum Gasteiger partial charge on any atom is -0.497 e. The summed E-state index contributed by atoms with van der Waals surface area (Å²) in [4.78, 5) is 29.8. The Morgan fingerprint density at radius 1 is 1.11 bits per heavy atom. The molecule has 1 saturated carbocycles. The number of benzene rings is 2. The van der Waals surface area contributed by atoms with Gasteiger partial charge in [-0.25, -0.2) is 4.98 Å². The van der Waals surface area contributed by atoms with Crippen LogP contribution >= 0.6 is 0 Å². The fourth-order valence-electron chi connectivity index (χ4n) is 3.71. The molecule has 0 radical (unpaired) electrons. The number of carbonyl (C=O) groups is 1. The molecule has 3 aromatic rings. The van der Waals surface area contributed by atoms with E-state index < -0.39 is 0 Å². The maximum Gasteiger partial charge on any atom is 0.265 e. The van der Waals surface area contributed by atoms with Crippen LogP contribution in [0.15, 0.2) is 53.6 Å².